The van der Waals surface area contributed by atoms with Crippen molar-refractivity contribution >= 4 is 21.6 Å². The number of allylic oxidation sites excluding steroid dienone is 2. The Morgan fingerprint density at radius 1 is 0.900 bits per heavy atom. The zero-order chi connectivity index (χ0) is 20.1. The molecule has 0 amide bonds. The van der Waals surface area contributed by atoms with Gasteiger partial charge in [0, 0.05) is 16.1 Å². The van der Waals surface area contributed by atoms with Crippen LogP contribution in [0.25, 0.3) is 0 Å². The molecule has 2 aliphatic heterocycles. The summed E-state index contributed by atoms with van der Waals surface area (Å²) in [5, 5.41) is 3.79. The highest BCUT2D eigenvalue weighted by Gasteiger charge is 2.39. The van der Waals surface area contributed by atoms with Gasteiger partial charge in [0.15, 0.2) is 11.5 Å². The summed E-state index contributed by atoms with van der Waals surface area (Å²) in [7, 11) is 0. The van der Waals surface area contributed by atoms with Crippen LogP contribution in [0.3, 0.4) is 0 Å². The number of para-hydroxylation sites is 1. The summed E-state index contributed by atoms with van der Waals surface area (Å²) in [5.41, 5.74) is 3.64. The van der Waals surface area contributed by atoms with Gasteiger partial charge in [0.05, 0.1) is 6.04 Å². The highest BCUT2D eigenvalue weighted by atomic mass is 79.9. The SMILES string of the molecule is Brc1cc2c(cc1[C@@H]1Nc3ccc(Oc4ccccc4)cc3[C@@H]3C=CC[C@@H]31)OCO2. The second-order valence-corrected chi connectivity index (χ2v) is 8.72. The van der Waals surface area contributed by atoms with Gasteiger partial charge >= 0.3 is 0 Å². The summed E-state index contributed by atoms with van der Waals surface area (Å²) in [4.78, 5) is 0. The lowest BCUT2D eigenvalue weighted by molar-refractivity contribution is 0.174. The number of anilines is 1. The third-order valence-corrected chi connectivity index (χ3v) is 6.83. The van der Waals surface area contributed by atoms with Crippen LogP contribution in [0.15, 0.2) is 77.3 Å². The predicted molar refractivity (Wildman–Crippen MR) is 120 cm³/mol. The molecule has 3 aromatic carbocycles. The molecule has 3 aliphatic rings. The maximum Gasteiger partial charge on any atom is 0.231 e. The fraction of sp³-hybridized carbons (Fsp3) is 0.200. The minimum absolute atomic E-state index is 0.183. The Morgan fingerprint density at radius 3 is 2.60 bits per heavy atom. The van der Waals surface area contributed by atoms with E-state index in [1.165, 1.54) is 11.1 Å². The van der Waals surface area contributed by atoms with Crippen LogP contribution in [0.4, 0.5) is 5.69 Å². The molecule has 30 heavy (non-hydrogen) atoms. The number of hydrogen-bond acceptors (Lipinski definition) is 4. The van der Waals surface area contributed by atoms with Gasteiger partial charge < -0.3 is 19.5 Å². The molecular formula is C25H20BrNO3. The molecule has 0 fully saturated rings. The first-order valence-electron chi connectivity index (χ1n) is 10.2. The predicted octanol–water partition coefficient (Wildman–Crippen LogP) is 6.80. The van der Waals surface area contributed by atoms with Crippen LogP contribution in [0.1, 0.15) is 29.5 Å². The van der Waals surface area contributed by atoms with E-state index in [1.54, 1.807) is 0 Å². The molecular weight excluding hydrogens is 442 g/mol. The lowest BCUT2D eigenvalue weighted by Gasteiger charge is -2.38. The Kier molecular flexibility index (Phi) is 4.23. The maximum absolute atomic E-state index is 6.08. The highest BCUT2D eigenvalue weighted by molar-refractivity contribution is 9.10. The van der Waals surface area contributed by atoms with Crippen LogP contribution in [0.2, 0.25) is 0 Å². The molecule has 0 saturated carbocycles. The van der Waals surface area contributed by atoms with Gasteiger partial charge in [-0.05, 0) is 65.9 Å². The summed E-state index contributed by atoms with van der Waals surface area (Å²) in [5.74, 6) is 4.11. The molecule has 5 heteroatoms. The maximum atomic E-state index is 6.08. The smallest absolute Gasteiger partial charge is 0.231 e. The number of nitrogens with one attached hydrogen (secondary N) is 1. The number of halogens is 1. The van der Waals surface area contributed by atoms with Gasteiger partial charge in [-0.15, -0.1) is 0 Å². The van der Waals surface area contributed by atoms with Crippen LogP contribution in [0.5, 0.6) is 23.0 Å². The van der Waals surface area contributed by atoms with E-state index in [0.717, 1.165) is 39.6 Å². The Balaban J connectivity index is 1.36. The zero-order valence-corrected chi connectivity index (χ0v) is 17.8. The second kappa shape index (κ2) is 7.10. The average Bonchev–Trinajstić information content (AvgIpc) is 3.43. The highest BCUT2D eigenvalue weighted by Crippen LogP contribution is 2.53. The Hall–Kier alpha value is -2.92. The molecule has 2 heterocycles. The van der Waals surface area contributed by atoms with Crippen LogP contribution in [0, 0.1) is 5.92 Å². The van der Waals surface area contributed by atoms with Gasteiger partial charge in [0.2, 0.25) is 6.79 Å². The molecule has 1 aliphatic carbocycles. The summed E-state index contributed by atoms with van der Waals surface area (Å²) in [6.45, 7) is 0.282. The minimum Gasteiger partial charge on any atom is -0.457 e. The van der Waals surface area contributed by atoms with E-state index in [4.69, 9.17) is 14.2 Å². The van der Waals surface area contributed by atoms with E-state index in [-0.39, 0.29) is 12.8 Å². The fourth-order valence-electron chi connectivity index (χ4n) is 4.74. The fourth-order valence-corrected chi connectivity index (χ4v) is 5.31. The van der Waals surface area contributed by atoms with Gasteiger partial charge in [-0.1, -0.05) is 46.3 Å². The van der Waals surface area contributed by atoms with Crippen LogP contribution < -0.4 is 19.5 Å². The van der Waals surface area contributed by atoms with Crippen molar-refractivity contribution in [3.05, 3.63) is 88.4 Å². The molecule has 0 radical (unpaired) electrons. The lowest BCUT2D eigenvalue weighted by atomic mass is 9.77. The van der Waals surface area contributed by atoms with Gasteiger partial charge in [-0.3, -0.25) is 0 Å². The summed E-state index contributed by atoms with van der Waals surface area (Å²) < 4.78 is 18.3. The molecule has 0 bridgehead atoms. The van der Waals surface area contributed by atoms with Crippen molar-refractivity contribution in [3.63, 3.8) is 0 Å². The van der Waals surface area contributed by atoms with E-state index in [2.05, 4.69) is 51.6 Å². The first-order valence-corrected chi connectivity index (χ1v) is 10.9. The molecule has 0 spiro atoms. The van der Waals surface area contributed by atoms with Crippen molar-refractivity contribution in [2.45, 2.75) is 18.4 Å². The quantitative estimate of drug-likeness (QED) is 0.435. The minimum atomic E-state index is 0.183. The van der Waals surface area contributed by atoms with Gasteiger partial charge in [0.1, 0.15) is 11.5 Å². The van der Waals surface area contributed by atoms with Crippen LogP contribution in [-0.2, 0) is 0 Å². The molecule has 0 saturated heterocycles. The first kappa shape index (κ1) is 17.9. The molecule has 6 rings (SSSR count). The molecule has 3 aromatic rings. The van der Waals surface area contributed by atoms with Crippen molar-refractivity contribution in [2.24, 2.45) is 5.92 Å². The van der Waals surface area contributed by atoms with Crippen molar-refractivity contribution in [1.82, 2.24) is 0 Å². The standard InChI is InChI=1S/C25H20BrNO3/c26-21-13-24-23(28-14-29-24)12-20(21)25-18-8-4-7-17(18)19-11-16(9-10-22(19)27-25)30-15-5-2-1-3-6-15/h1-7,9-13,17-18,25,27H,8,14H2/t17-,18+,25-/m1/s1. The van der Waals surface area contributed by atoms with Crippen LogP contribution >= 0.6 is 15.9 Å². The van der Waals surface area contributed by atoms with Crippen molar-refractivity contribution < 1.29 is 14.2 Å². The summed E-state index contributed by atoms with van der Waals surface area (Å²) in [6, 6.07) is 20.6. The topological polar surface area (TPSA) is 39.7 Å². The number of hydrogen-bond donors (Lipinski definition) is 1. The largest absolute Gasteiger partial charge is 0.457 e. The molecule has 3 atom stereocenters. The average molecular weight is 462 g/mol. The first-order chi connectivity index (χ1) is 14.8. The Labute approximate surface area is 183 Å². The van der Waals surface area contributed by atoms with Gasteiger partial charge in [-0.2, -0.15) is 0 Å². The molecule has 1 N–H and O–H groups in total. The second-order valence-electron chi connectivity index (χ2n) is 7.87. The third kappa shape index (κ3) is 2.96. The lowest BCUT2D eigenvalue weighted by Crippen LogP contribution is -2.29. The monoisotopic (exact) mass is 461 g/mol. The van der Waals surface area contributed by atoms with E-state index in [9.17, 15) is 0 Å². The van der Waals surface area contributed by atoms with E-state index in [1.807, 2.05) is 42.5 Å². The van der Waals surface area contributed by atoms with Crippen molar-refractivity contribution in [2.75, 3.05) is 12.1 Å². The molecule has 150 valence electrons. The molecule has 0 aromatic heterocycles. The van der Waals surface area contributed by atoms with Crippen LogP contribution in [-0.4, -0.2) is 6.79 Å². The molecule has 4 nitrogen and oxygen atoms in total. The van der Waals surface area contributed by atoms with Gasteiger partial charge in [0.25, 0.3) is 0 Å². The normalized spacial score (nSPS) is 22.9. The summed E-state index contributed by atoms with van der Waals surface area (Å²) >= 11 is 3.76. The van der Waals surface area contributed by atoms with Crippen molar-refractivity contribution in [3.8, 4) is 23.0 Å². The van der Waals surface area contributed by atoms with E-state index >= 15 is 0 Å². The van der Waals surface area contributed by atoms with E-state index in [0.29, 0.717) is 11.8 Å². The van der Waals surface area contributed by atoms with E-state index < -0.39 is 0 Å². The van der Waals surface area contributed by atoms with Crippen molar-refractivity contribution in [1.29, 1.82) is 0 Å². The Morgan fingerprint density at radius 2 is 1.73 bits per heavy atom. The number of ether oxygens (including phenoxy) is 3. The summed E-state index contributed by atoms with van der Waals surface area (Å²) in [6.07, 6.45) is 5.67. The zero-order valence-electron chi connectivity index (χ0n) is 16.2. The van der Waals surface area contributed by atoms with Gasteiger partial charge in [-0.25, -0.2) is 0 Å². The third-order valence-electron chi connectivity index (χ3n) is 6.14. The number of rotatable bonds is 3. The number of benzene rings is 3. The molecule has 0 unspecified atom stereocenters. The Bertz CT molecular complexity index is 1140. The number of fused-ring (bicyclic) bond motifs is 4.